The van der Waals surface area contributed by atoms with Gasteiger partial charge in [-0.1, -0.05) is 11.5 Å². The molecule has 0 spiro atoms. The third-order valence-electron chi connectivity index (χ3n) is 1.32. The first-order valence-corrected chi connectivity index (χ1v) is 3.03. The molecule has 0 heterocycles. The summed E-state index contributed by atoms with van der Waals surface area (Å²) in [5.74, 6) is -0.844. The lowest BCUT2D eigenvalue weighted by Gasteiger charge is -2.07. The number of hydrogen-bond acceptors (Lipinski definition) is 0. The Hall–Kier alpha value is -0.995. The van der Waals surface area contributed by atoms with Gasteiger partial charge in [-0.05, 0) is 12.1 Å². The summed E-state index contributed by atoms with van der Waals surface area (Å²) in [6.07, 6.45) is -4.47. The molecule has 1 aromatic carbocycles. The molecule has 0 aliphatic heterocycles. The lowest BCUT2D eigenvalue weighted by molar-refractivity contribution is -0.137. The van der Waals surface area contributed by atoms with E-state index in [1.54, 1.807) is 0 Å². The zero-order valence-corrected chi connectivity index (χ0v) is 5.82. The third-order valence-corrected chi connectivity index (χ3v) is 1.32. The molecule has 12 heavy (non-hydrogen) atoms. The van der Waals surface area contributed by atoms with E-state index in [0.29, 0.717) is 18.2 Å². The number of rotatable bonds is 0. The van der Waals surface area contributed by atoms with E-state index < -0.39 is 23.0 Å². The minimum atomic E-state index is -4.47. The van der Waals surface area contributed by atoms with Crippen LogP contribution in [0.5, 0.6) is 0 Å². The molecule has 0 aromatic heterocycles. The SMILES string of the molecule is [B]c1cc(C(F)(F)F)ccc1F. The zero-order chi connectivity index (χ0) is 9.35. The van der Waals surface area contributed by atoms with Gasteiger partial charge in [0.15, 0.2) is 0 Å². The first-order valence-electron chi connectivity index (χ1n) is 3.03. The van der Waals surface area contributed by atoms with Gasteiger partial charge in [-0.3, -0.25) is 0 Å². The molecule has 0 saturated heterocycles. The molecule has 0 aliphatic carbocycles. The van der Waals surface area contributed by atoms with Crippen LogP contribution >= 0.6 is 0 Å². The highest BCUT2D eigenvalue weighted by atomic mass is 19.4. The highest BCUT2D eigenvalue weighted by molar-refractivity contribution is 6.32. The molecule has 0 unspecified atom stereocenters. The second-order valence-corrected chi connectivity index (χ2v) is 2.23. The lowest BCUT2D eigenvalue weighted by atomic mass is 9.93. The van der Waals surface area contributed by atoms with Crippen molar-refractivity contribution in [1.29, 1.82) is 0 Å². The largest absolute Gasteiger partial charge is 0.416 e. The van der Waals surface area contributed by atoms with Crippen LogP contribution in [0.2, 0.25) is 0 Å². The van der Waals surface area contributed by atoms with Crippen LogP contribution in [-0.2, 0) is 6.18 Å². The second kappa shape index (κ2) is 2.81. The fraction of sp³-hybridized carbons (Fsp3) is 0.143. The maximum absolute atomic E-state index is 12.4. The van der Waals surface area contributed by atoms with Gasteiger partial charge in [-0.15, -0.1) is 0 Å². The Kier molecular flexibility index (Phi) is 2.13. The first-order chi connectivity index (χ1) is 5.41. The van der Waals surface area contributed by atoms with Crippen molar-refractivity contribution in [2.24, 2.45) is 0 Å². The third kappa shape index (κ3) is 1.78. The molecular formula is C7H3BF4. The highest BCUT2D eigenvalue weighted by Gasteiger charge is 2.30. The Morgan fingerprint density at radius 3 is 2.17 bits per heavy atom. The Bertz CT molecular complexity index is 292. The van der Waals surface area contributed by atoms with E-state index in [-0.39, 0.29) is 0 Å². The molecule has 1 rings (SSSR count). The molecule has 1 aromatic rings. The van der Waals surface area contributed by atoms with Gasteiger partial charge in [0.25, 0.3) is 0 Å². The van der Waals surface area contributed by atoms with E-state index in [0.717, 1.165) is 0 Å². The van der Waals surface area contributed by atoms with Crippen LogP contribution in [0.4, 0.5) is 17.6 Å². The smallest absolute Gasteiger partial charge is 0.208 e. The Balaban J connectivity index is 3.14. The summed E-state index contributed by atoms with van der Waals surface area (Å²) in [4.78, 5) is 0. The van der Waals surface area contributed by atoms with Gasteiger partial charge < -0.3 is 0 Å². The van der Waals surface area contributed by atoms with Crippen LogP contribution in [-0.4, -0.2) is 7.85 Å². The number of hydrogen-bond donors (Lipinski definition) is 0. The quantitative estimate of drug-likeness (QED) is 0.414. The molecule has 0 N–H and O–H groups in total. The molecule has 0 bridgehead atoms. The molecule has 0 amide bonds. The number of benzene rings is 1. The summed E-state index contributed by atoms with van der Waals surface area (Å²) >= 11 is 0. The predicted octanol–water partition coefficient (Wildman–Crippen LogP) is 1.64. The van der Waals surface area contributed by atoms with Crippen molar-refractivity contribution in [2.45, 2.75) is 6.18 Å². The number of halogens is 4. The van der Waals surface area contributed by atoms with Crippen molar-refractivity contribution in [1.82, 2.24) is 0 Å². The summed E-state index contributed by atoms with van der Waals surface area (Å²) in [6, 6.07) is 1.90. The Morgan fingerprint density at radius 1 is 1.17 bits per heavy atom. The molecular weight excluding hydrogens is 171 g/mol. The van der Waals surface area contributed by atoms with Crippen molar-refractivity contribution in [2.75, 3.05) is 0 Å². The minimum absolute atomic E-state index is 0.496. The molecule has 0 fully saturated rings. The molecule has 0 saturated carbocycles. The van der Waals surface area contributed by atoms with Crippen LogP contribution < -0.4 is 5.46 Å². The summed E-state index contributed by atoms with van der Waals surface area (Å²) < 4.78 is 48.2. The van der Waals surface area contributed by atoms with E-state index in [4.69, 9.17) is 7.85 Å². The van der Waals surface area contributed by atoms with Crippen LogP contribution in [0.3, 0.4) is 0 Å². The van der Waals surface area contributed by atoms with Crippen molar-refractivity contribution in [3.63, 3.8) is 0 Å². The molecule has 0 nitrogen and oxygen atoms in total. The van der Waals surface area contributed by atoms with E-state index in [1.807, 2.05) is 0 Å². The second-order valence-electron chi connectivity index (χ2n) is 2.23. The average molecular weight is 174 g/mol. The highest BCUT2D eigenvalue weighted by Crippen LogP contribution is 2.28. The lowest BCUT2D eigenvalue weighted by Crippen LogP contribution is -2.14. The summed E-state index contributed by atoms with van der Waals surface area (Å²) in [7, 11) is 4.94. The van der Waals surface area contributed by atoms with Crippen LogP contribution in [0.25, 0.3) is 0 Å². The fourth-order valence-corrected chi connectivity index (χ4v) is 0.720. The van der Waals surface area contributed by atoms with E-state index >= 15 is 0 Å². The molecule has 0 aliphatic rings. The number of alkyl halides is 3. The maximum atomic E-state index is 12.4. The summed E-state index contributed by atoms with van der Waals surface area (Å²) in [5, 5.41) is 0. The van der Waals surface area contributed by atoms with Gasteiger partial charge in [-0.25, -0.2) is 4.39 Å². The fourth-order valence-electron chi connectivity index (χ4n) is 0.720. The standard InChI is InChI=1S/C7H3BF4/c8-5-3-4(7(10,11)12)1-2-6(5)9/h1-3H. The molecule has 5 heteroatoms. The average Bonchev–Trinajstić information content (AvgIpc) is 1.92. The zero-order valence-electron chi connectivity index (χ0n) is 5.82. The van der Waals surface area contributed by atoms with Gasteiger partial charge >= 0.3 is 6.18 Å². The van der Waals surface area contributed by atoms with E-state index in [1.165, 1.54) is 0 Å². The molecule has 0 atom stereocenters. The molecule has 62 valence electrons. The van der Waals surface area contributed by atoms with Gasteiger partial charge in [0.2, 0.25) is 0 Å². The van der Waals surface area contributed by atoms with Crippen LogP contribution in [0.15, 0.2) is 18.2 Å². The first kappa shape index (κ1) is 9.10. The topological polar surface area (TPSA) is 0 Å². The van der Waals surface area contributed by atoms with E-state index in [9.17, 15) is 17.6 Å². The monoisotopic (exact) mass is 174 g/mol. The normalized spacial score (nSPS) is 11.7. The predicted molar refractivity (Wildman–Crippen MR) is 36.8 cm³/mol. The van der Waals surface area contributed by atoms with Crippen molar-refractivity contribution in [3.8, 4) is 0 Å². The van der Waals surface area contributed by atoms with Crippen LogP contribution in [0.1, 0.15) is 5.56 Å². The van der Waals surface area contributed by atoms with E-state index in [2.05, 4.69) is 0 Å². The van der Waals surface area contributed by atoms with Crippen molar-refractivity contribution >= 4 is 13.3 Å². The van der Waals surface area contributed by atoms with Gasteiger partial charge in [0.05, 0.1) is 5.56 Å². The Labute approximate surface area is 67.6 Å². The van der Waals surface area contributed by atoms with Gasteiger partial charge in [-0.2, -0.15) is 13.2 Å². The summed E-state index contributed by atoms with van der Waals surface area (Å²) in [6.45, 7) is 0. The van der Waals surface area contributed by atoms with Gasteiger partial charge in [0, 0.05) is 0 Å². The van der Waals surface area contributed by atoms with Gasteiger partial charge in [0.1, 0.15) is 13.7 Å². The molecule has 2 radical (unpaired) electrons. The maximum Gasteiger partial charge on any atom is 0.416 e. The summed E-state index contributed by atoms with van der Waals surface area (Å²) in [5.41, 5.74) is -1.44. The Morgan fingerprint density at radius 2 is 1.75 bits per heavy atom. The van der Waals surface area contributed by atoms with Crippen LogP contribution in [0, 0.1) is 5.82 Å². The van der Waals surface area contributed by atoms with Crippen molar-refractivity contribution in [3.05, 3.63) is 29.6 Å². The van der Waals surface area contributed by atoms with Crippen molar-refractivity contribution < 1.29 is 17.6 Å². The minimum Gasteiger partial charge on any atom is -0.208 e.